The summed E-state index contributed by atoms with van der Waals surface area (Å²) in [7, 11) is 0. The Bertz CT molecular complexity index is 1190. The first-order chi connectivity index (χ1) is 17.5. The van der Waals surface area contributed by atoms with E-state index in [1.807, 2.05) is 24.3 Å². The lowest BCUT2D eigenvalue weighted by atomic mass is 9.83. The minimum absolute atomic E-state index is 0.0639. The zero-order chi connectivity index (χ0) is 24.6. The lowest BCUT2D eigenvalue weighted by Gasteiger charge is -2.48. The van der Waals surface area contributed by atoms with Crippen molar-refractivity contribution in [3.05, 3.63) is 46.5 Å². The molecule has 1 saturated heterocycles. The molecule has 0 aliphatic carbocycles. The van der Waals surface area contributed by atoms with Crippen molar-refractivity contribution in [2.45, 2.75) is 55.8 Å². The van der Waals surface area contributed by atoms with Crippen LogP contribution >= 0.6 is 0 Å². The largest absolute Gasteiger partial charge is 0.454 e. The van der Waals surface area contributed by atoms with Crippen LogP contribution in [-0.4, -0.2) is 82.8 Å². The van der Waals surface area contributed by atoms with Crippen LogP contribution < -0.4 is 18.9 Å². The van der Waals surface area contributed by atoms with Gasteiger partial charge in [0.15, 0.2) is 29.3 Å². The van der Waals surface area contributed by atoms with Crippen LogP contribution in [0.15, 0.2) is 24.3 Å². The van der Waals surface area contributed by atoms with Gasteiger partial charge in [0.2, 0.25) is 13.6 Å². The minimum atomic E-state index is -1.53. The maximum absolute atomic E-state index is 10.7. The highest BCUT2D eigenvalue weighted by molar-refractivity contribution is 5.54. The quantitative estimate of drug-likeness (QED) is 0.456. The van der Waals surface area contributed by atoms with E-state index in [1.54, 1.807) is 0 Å². The number of ether oxygens (including phenoxy) is 6. The second-order valence-electron chi connectivity index (χ2n) is 9.70. The van der Waals surface area contributed by atoms with Gasteiger partial charge in [0, 0.05) is 18.2 Å². The highest BCUT2D eigenvalue weighted by Crippen LogP contribution is 2.50. The van der Waals surface area contributed by atoms with Crippen molar-refractivity contribution in [2.24, 2.45) is 0 Å². The lowest BCUT2D eigenvalue weighted by Crippen LogP contribution is -2.60. The summed E-state index contributed by atoms with van der Waals surface area (Å²) in [6.07, 6.45) is -6.06. The first-order valence-electron chi connectivity index (χ1n) is 12.1. The number of aliphatic hydroxyl groups excluding tert-OH is 4. The fourth-order valence-electron chi connectivity index (χ4n) is 5.87. The Morgan fingerprint density at radius 3 is 2.14 bits per heavy atom. The molecular formula is C25H27NO10. The molecule has 7 rings (SSSR count). The van der Waals surface area contributed by atoms with Crippen molar-refractivity contribution in [2.75, 3.05) is 26.7 Å². The van der Waals surface area contributed by atoms with E-state index in [-0.39, 0.29) is 19.6 Å². The van der Waals surface area contributed by atoms with Crippen LogP contribution in [0.2, 0.25) is 0 Å². The average molecular weight is 501 g/mol. The van der Waals surface area contributed by atoms with Gasteiger partial charge in [-0.15, -0.1) is 0 Å². The van der Waals surface area contributed by atoms with E-state index in [9.17, 15) is 20.4 Å². The van der Waals surface area contributed by atoms with E-state index in [0.717, 1.165) is 28.9 Å². The standard InChI is InChI=1S/C25H27NO10/c27-8-20-21(28)22(29)23(30)25(35-20)36-24-14-7-19-17(32-10-34-19)5-12(14)3-15-13-6-18-16(31-9-33-18)4-11(13)1-2-26(15)24/h4-7,15,20-25,27-30H,1-3,8-10H2. The highest BCUT2D eigenvalue weighted by Gasteiger charge is 2.48. The number of nitrogens with zero attached hydrogens (tertiary/aromatic N) is 1. The molecule has 7 unspecified atom stereocenters. The van der Waals surface area contributed by atoms with Crippen LogP contribution in [0.5, 0.6) is 23.0 Å². The number of benzene rings is 2. The first kappa shape index (κ1) is 22.5. The van der Waals surface area contributed by atoms with Crippen LogP contribution in [0.4, 0.5) is 0 Å². The molecule has 11 nitrogen and oxygen atoms in total. The van der Waals surface area contributed by atoms with Crippen molar-refractivity contribution < 1.29 is 48.8 Å². The molecule has 0 bridgehead atoms. The Morgan fingerprint density at radius 2 is 1.44 bits per heavy atom. The third-order valence-electron chi connectivity index (χ3n) is 7.76. The van der Waals surface area contributed by atoms with Gasteiger partial charge < -0.3 is 48.8 Å². The number of rotatable bonds is 3. The van der Waals surface area contributed by atoms with Gasteiger partial charge >= 0.3 is 0 Å². The van der Waals surface area contributed by atoms with Crippen LogP contribution in [-0.2, 0) is 22.3 Å². The molecule has 2 aromatic rings. The van der Waals surface area contributed by atoms with E-state index in [4.69, 9.17) is 28.4 Å². The lowest BCUT2D eigenvalue weighted by molar-refractivity contribution is -0.328. The third kappa shape index (κ3) is 3.39. The van der Waals surface area contributed by atoms with E-state index in [1.165, 1.54) is 5.56 Å². The molecular weight excluding hydrogens is 474 g/mol. The summed E-state index contributed by atoms with van der Waals surface area (Å²) < 4.78 is 34.5. The molecule has 0 radical (unpaired) electrons. The third-order valence-corrected chi connectivity index (χ3v) is 7.76. The summed E-state index contributed by atoms with van der Waals surface area (Å²) >= 11 is 0. The number of fused-ring (bicyclic) bond motifs is 6. The van der Waals surface area contributed by atoms with Crippen molar-refractivity contribution in [1.29, 1.82) is 0 Å². The molecule has 0 aromatic heterocycles. The van der Waals surface area contributed by atoms with Gasteiger partial charge in [0.1, 0.15) is 30.6 Å². The maximum Gasteiger partial charge on any atom is 0.231 e. The second-order valence-corrected chi connectivity index (χ2v) is 9.70. The normalized spacial score (nSPS) is 34.2. The highest BCUT2D eigenvalue weighted by atomic mass is 16.7. The zero-order valence-electron chi connectivity index (χ0n) is 19.3. The molecule has 0 amide bonds. The van der Waals surface area contributed by atoms with Crippen molar-refractivity contribution in [3.8, 4) is 23.0 Å². The summed E-state index contributed by atoms with van der Waals surface area (Å²) in [6.45, 7) is 0.461. The van der Waals surface area contributed by atoms with E-state index >= 15 is 0 Å². The van der Waals surface area contributed by atoms with E-state index in [0.29, 0.717) is 30.2 Å². The number of hydrogen-bond donors (Lipinski definition) is 4. The Hall–Kier alpha value is -2.64. The van der Waals surface area contributed by atoms with Gasteiger partial charge in [0.05, 0.1) is 6.61 Å². The smallest absolute Gasteiger partial charge is 0.231 e. The van der Waals surface area contributed by atoms with Crippen molar-refractivity contribution in [1.82, 2.24) is 4.90 Å². The predicted octanol–water partition coefficient (Wildman–Crippen LogP) is 0.115. The molecule has 2 aromatic carbocycles. The van der Waals surface area contributed by atoms with E-state index < -0.39 is 43.5 Å². The molecule has 5 heterocycles. The topological polar surface area (TPSA) is 140 Å². The molecule has 11 heteroatoms. The summed E-state index contributed by atoms with van der Waals surface area (Å²) in [5.41, 5.74) is 4.13. The van der Waals surface area contributed by atoms with Crippen molar-refractivity contribution in [3.63, 3.8) is 0 Å². The fourth-order valence-corrected chi connectivity index (χ4v) is 5.87. The summed E-state index contributed by atoms with van der Waals surface area (Å²) in [5, 5.41) is 40.8. The summed E-state index contributed by atoms with van der Waals surface area (Å²) in [4.78, 5) is 2.19. The Kier molecular flexibility index (Phi) is 5.29. The van der Waals surface area contributed by atoms with E-state index in [2.05, 4.69) is 4.90 Å². The number of aliphatic hydroxyl groups is 4. The molecule has 192 valence electrons. The molecule has 5 aliphatic heterocycles. The molecule has 36 heavy (non-hydrogen) atoms. The molecule has 4 N–H and O–H groups in total. The zero-order valence-corrected chi connectivity index (χ0v) is 19.3. The first-order valence-corrected chi connectivity index (χ1v) is 12.1. The molecule has 0 saturated carbocycles. The van der Waals surface area contributed by atoms with Crippen molar-refractivity contribution >= 4 is 0 Å². The Balaban J connectivity index is 1.29. The summed E-state index contributed by atoms with van der Waals surface area (Å²) in [6, 6.07) is 7.85. The molecule has 0 spiro atoms. The van der Waals surface area contributed by atoms with Gasteiger partial charge in [0.25, 0.3) is 0 Å². The predicted molar refractivity (Wildman–Crippen MR) is 120 cm³/mol. The monoisotopic (exact) mass is 501 g/mol. The van der Waals surface area contributed by atoms with Crippen LogP contribution in [0.1, 0.15) is 34.5 Å². The molecule has 1 fully saturated rings. The fraction of sp³-hybridized carbons (Fsp3) is 0.520. The SMILES string of the molecule is OCC1OC(OC2c3cc4c(cc3CC3c5cc6c(cc5CCN32)OCO6)OCO4)C(O)C(O)C1O. The Labute approximate surface area is 206 Å². The van der Waals surface area contributed by atoms with Gasteiger partial charge in [-0.25, -0.2) is 0 Å². The minimum Gasteiger partial charge on any atom is -0.454 e. The van der Waals surface area contributed by atoms with Gasteiger partial charge in [-0.05, 0) is 53.8 Å². The van der Waals surface area contributed by atoms with Crippen LogP contribution in [0, 0.1) is 0 Å². The molecule has 5 aliphatic rings. The maximum atomic E-state index is 10.7. The Morgan fingerprint density at radius 1 is 0.806 bits per heavy atom. The second kappa shape index (κ2) is 8.45. The average Bonchev–Trinajstić information content (AvgIpc) is 3.54. The summed E-state index contributed by atoms with van der Waals surface area (Å²) in [5.74, 6) is 2.72. The van der Waals surface area contributed by atoms with Gasteiger partial charge in [-0.1, -0.05) is 0 Å². The van der Waals surface area contributed by atoms with Gasteiger partial charge in [-0.2, -0.15) is 0 Å². The molecule has 7 atom stereocenters. The van der Waals surface area contributed by atoms with Gasteiger partial charge in [-0.3, -0.25) is 4.90 Å². The number of hydrogen-bond acceptors (Lipinski definition) is 11. The van der Waals surface area contributed by atoms with Crippen LogP contribution in [0.25, 0.3) is 0 Å². The van der Waals surface area contributed by atoms with Crippen LogP contribution in [0.3, 0.4) is 0 Å².